The van der Waals surface area contributed by atoms with E-state index in [1.165, 1.54) is 4.90 Å². The van der Waals surface area contributed by atoms with Crippen LogP contribution in [0.4, 0.5) is 5.69 Å². The molecular weight excluding hydrogens is 621 g/mol. The van der Waals surface area contributed by atoms with E-state index in [2.05, 4.69) is 15.9 Å². The molecule has 0 saturated carbocycles. The molecule has 2 aliphatic heterocycles. The molecule has 3 aromatic rings. The molecule has 0 radical (unpaired) electrons. The Bertz CT molecular complexity index is 1430. The third-order valence-corrected chi connectivity index (χ3v) is 8.80. The zero-order valence-electron chi connectivity index (χ0n) is 17.6. The number of halogens is 6. The van der Waals surface area contributed by atoms with Crippen molar-refractivity contribution in [2.75, 3.05) is 4.90 Å². The monoisotopic (exact) mass is 630 g/mol. The highest BCUT2D eigenvalue weighted by Crippen LogP contribution is 2.49. The molecule has 2 aliphatic rings. The average molecular weight is 634 g/mol. The molecule has 35 heavy (non-hydrogen) atoms. The van der Waals surface area contributed by atoms with Crippen molar-refractivity contribution in [2.24, 2.45) is 0 Å². The second kappa shape index (κ2) is 8.94. The zero-order chi connectivity index (χ0) is 25.3. The van der Waals surface area contributed by atoms with Crippen molar-refractivity contribution in [3.63, 3.8) is 0 Å². The molecular formula is C24H12BrCl5N2O3. The summed E-state index contributed by atoms with van der Waals surface area (Å²) in [5.74, 6) is -2.00. The fourth-order valence-corrected chi connectivity index (χ4v) is 5.99. The Morgan fingerprint density at radius 2 is 1.34 bits per heavy atom. The standard InChI is InChI=1S/C24H12BrCl5N2O3/c1-9-5-6-12(8-13(9)26)31-20(10-3-2-4-11(25)7-10)21(24(31)35)32-22(33)14-15(23(32)34)17(28)19(30)18(29)16(14)27/h2-8,20-21H,1H3/t20-,21-/m0/s1. The van der Waals surface area contributed by atoms with Gasteiger partial charge in [0, 0.05) is 15.2 Å². The number of amides is 3. The molecule has 0 unspecified atom stereocenters. The van der Waals surface area contributed by atoms with E-state index in [0.717, 1.165) is 14.9 Å². The number of fused-ring (bicyclic) bond motifs is 1. The van der Waals surface area contributed by atoms with Crippen LogP contribution in [0.1, 0.15) is 37.9 Å². The molecule has 3 amide bonds. The van der Waals surface area contributed by atoms with Gasteiger partial charge in [0.2, 0.25) is 0 Å². The van der Waals surface area contributed by atoms with Gasteiger partial charge in [0.25, 0.3) is 17.7 Å². The van der Waals surface area contributed by atoms with Crippen molar-refractivity contribution in [3.05, 3.63) is 94.3 Å². The lowest BCUT2D eigenvalue weighted by molar-refractivity contribution is -0.130. The number of imide groups is 1. The van der Waals surface area contributed by atoms with E-state index in [9.17, 15) is 14.4 Å². The average Bonchev–Trinajstić information content (AvgIpc) is 3.07. The third-order valence-electron chi connectivity index (χ3n) is 6.10. The Kier molecular flexibility index (Phi) is 6.36. The predicted octanol–water partition coefficient (Wildman–Crippen LogP) is 7.78. The zero-order valence-corrected chi connectivity index (χ0v) is 22.9. The molecule has 5 nitrogen and oxygen atoms in total. The lowest BCUT2D eigenvalue weighted by Gasteiger charge is -2.49. The van der Waals surface area contributed by atoms with Gasteiger partial charge < -0.3 is 4.90 Å². The van der Waals surface area contributed by atoms with E-state index in [0.29, 0.717) is 16.3 Å². The molecule has 11 heteroatoms. The number of hydrogen-bond donors (Lipinski definition) is 0. The van der Waals surface area contributed by atoms with Gasteiger partial charge in [-0.3, -0.25) is 19.3 Å². The maximum Gasteiger partial charge on any atom is 0.264 e. The first-order valence-electron chi connectivity index (χ1n) is 10.1. The molecule has 5 rings (SSSR count). The van der Waals surface area contributed by atoms with Gasteiger partial charge in [-0.1, -0.05) is 92.1 Å². The lowest BCUT2D eigenvalue weighted by atomic mass is 9.86. The van der Waals surface area contributed by atoms with Crippen LogP contribution in [0.5, 0.6) is 0 Å². The summed E-state index contributed by atoms with van der Waals surface area (Å²) in [6, 6.07) is 10.6. The number of carbonyl (C=O) groups is 3. The van der Waals surface area contributed by atoms with Crippen LogP contribution in [0.15, 0.2) is 46.9 Å². The summed E-state index contributed by atoms with van der Waals surface area (Å²) in [5.41, 5.74) is 1.73. The third kappa shape index (κ3) is 3.69. The number of β-lactam (4-membered cyclic amide) rings is 1. The molecule has 2 heterocycles. The molecule has 0 aliphatic carbocycles. The van der Waals surface area contributed by atoms with E-state index in [4.69, 9.17) is 58.0 Å². The Balaban J connectivity index is 1.65. The summed E-state index contributed by atoms with van der Waals surface area (Å²) < 4.78 is 0.766. The van der Waals surface area contributed by atoms with Crippen molar-refractivity contribution in [1.82, 2.24) is 4.90 Å². The maximum atomic E-state index is 13.6. The minimum atomic E-state index is -1.15. The van der Waals surface area contributed by atoms with Crippen LogP contribution in [0, 0.1) is 6.92 Å². The summed E-state index contributed by atoms with van der Waals surface area (Å²) in [4.78, 5) is 42.9. The van der Waals surface area contributed by atoms with Gasteiger partial charge in [-0.2, -0.15) is 0 Å². The van der Waals surface area contributed by atoms with E-state index >= 15 is 0 Å². The van der Waals surface area contributed by atoms with Crippen molar-refractivity contribution in [1.29, 1.82) is 0 Å². The summed E-state index contributed by atoms with van der Waals surface area (Å²) in [7, 11) is 0. The van der Waals surface area contributed by atoms with Crippen LogP contribution in [0.25, 0.3) is 0 Å². The number of anilines is 1. The van der Waals surface area contributed by atoms with Gasteiger partial charge in [0.1, 0.15) is 6.04 Å². The van der Waals surface area contributed by atoms with Crippen molar-refractivity contribution in [3.8, 4) is 0 Å². The van der Waals surface area contributed by atoms with E-state index in [-0.39, 0.29) is 31.2 Å². The van der Waals surface area contributed by atoms with Crippen molar-refractivity contribution in [2.45, 2.75) is 19.0 Å². The number of rotatable bonds is 3. The van der Waals surface area contributed by atoms with Crippen molar-refractivity contribution >= 4 is 97.3 Å². The Morgan fingerprint density at radius 3 is 1.89 bits per heavy atom. The largest absolute Gasteiger partial charge is 0.300 e. The summed E-state index contributed by atoms with van der Waals surface area (Å²) in [5, 5.41) is -0.177. The first-order chi connectivity index (χ1) is 16.5. The van der Waals surface area contributed by atoms with Crippen LogP contribution in [-0.2, 0) is 4.79 Å². The van der Waals surface area contributed by atoms with E-state index < -0.39 is 29.8 Å². The maximum absolute atomic E-state index is 13.6. The number of nitrogens with zero attached hydrogens (tertiary/aromatic N) is 2. The molecule has 0 N–H and O–H groups in total. The highest BCUT2D eigenvalue weighted by Gasteiger charge is 2.58. The van der Waals surface area contributed by atoms with Gasteiger partial charge in [-0.05, 0) is 42.3 Å². The highest BCUT2D eigenvalue weighted by atomic mass is 79.9. The van der Waals surface area contributed by atoms with Crippen LogP contribution >= 0.6 is 73.9 Å². The first-order valence-corrected chi connectivity index (χ1v) is 12.8. The Labute approximate surface area is 233 Å². The van der Waals surface area contributed by atoms with Crippen LogP contribution < -0.4 is 4.90 Å². The second-order valence-electron chi connectivity index (χ2n) is 8.07. The minimum Gasteiger partial charge on any atom is -0.300 e. The topological polar surface area (TPSA) is 57.7 Å². The van der Waals surface area contributed by atoms with Crippen molar-refractivity contribution < 1.29 is 14.4 Å². The highest BCUT2D eigenvalue weighted by molar-refractivity contribution is 9.10. The molecule has 0 bridgehead atoms. The van der Waals surface area contributed by atoms with Crippen LogP contribution in [0.2, 0.25) is 25.1 Å². The quantitative estimate of drug-likeness (QED) is 0.128. The molecule has 0 aromatic heterocycles. The predicted molar refractivity (Wildman–Crippen MR) is 141 cm³/mol. The molecule has 1 saturated heterocycles. The minimum absolute atomic E-state index is 0.139. The van der Waals surface area contributed by atoms with Gasteiger partial charge in [0.05, 0.1) is 37.3 Å². The molecule has 0 spiro atoms. The van der Waals surface area contributed by atoms with Gasteiger partial charge in [-0.15, -0.1) is 0 Å². The molecule has 1 fully saturated rings. The van der Waals surface area contributed by atoms with Crippen LogP contribution in [-0.4, -0.2) is 28.7 Å². The molecule has 3 aromatic carbocycles. The SMILES string of the molecule is Cc1ccc(N2C(=O)[C@@H](N3C(=O)c4c(Cl)c(Cl)c(Cl)c(Cl)c4C3=O)[C@@H]2c2cccc(Br)c2)cc1Cl. The summed E-state index contributed by atoms with van der Waals surface area (Å²) in [6.07, 6.45) is 0. The fourth-order valence-electron chi connectivity index (χ4n) is 4.39. The number of carbonyl (C=O) groups excluding carboxylic acids is 3. The lowest BCUT2D eigenvalue weighted by Crippen LogP contribution is -2.67. The number of hydrogen-bond acceptors (Lipinski definition) is 3. The van der Waals surface area contributed by atoms with Gasteiger partial charge >= 0.3 is 0 Å². The number of aryl methyl sites for hydroxylation is 1. The number of benzene rings is 3. The second-order valence-corrected chi connectivity index (χ2v) is 10.9. The summed E-state index contributed by atoms with van der Waals surface area (Å²) in [6.45, 7) is 1.85. The summed E-state index contributed by atoms with van der Waals surface area (Å²) >= 11 is 34.6. The fraction of sp³-hybridized carbons (Fsp3) is 0.125. The molecule has 178 valence electrons. The molecule has 2 atom stereocenters. The van der Waals surface area contributed by atoms with Gasteiger partial charge in [-0.25, -0.2) is 0 Å². The van der Waals surface area contributed by atoms with E-state index in [1.54, 1.807) is 24.3 Å². The van der Waals surface area contributed by atoms with E-state index in [1.807, 2.05) is 25.1 Å². The Morgan fingerprint density at radius 1 is 0.743 bits per heavy atom. The Hall–Kier alpha value is -1.80. The van der Waals surface area contributed by atoms with Gasteiger partial charge in [0.15, 0.2) is 0 Å². The van der Waals surface area contributed by atoms with Crippen LogP contribution in [0.3, 0.4) is 0 Å². The smallest absolute Gasteiger partial charge is 0.264 e. The first kappa shape index (κ1) is 24.9. The normalized spacial score (nSPS) is 19.3.